The molecule has 0 aromatic heterocycles. The molecule has 0 bridgehead atoms. The maximum Gasteiger partial charge on any atom is 0.0901 e. The van der Waals surface area contributed by atoms with Crippen molar-refractivity contribution < 1.29 is 0 Å². The van der Waals surface area contributed by atoms with E-state index in [1.807, 2.05) is 12.3 Å². The number of rotatable bonds is 0. The van der Waals surface area contributed by atoms with Crippen molar-refractivity contribution in [1.82, 2.24) is 5.43 Å². The molecule has 0 saturated heterocycles. The van der Waals surface area contributed by atoms with E-state index in [1.54, 1.807) is 0 Å². The van der Waals surface area contributed by atoms with Gasteiger partial charge in [0.25, 0.3) is 0 Å². The molecule has 0 saturated carbocycles. The van der Waals surface area contributed by atoms with Crippen molar-refractivity contribution in [2.45, 2.75) is 12.8 Å². The van der Waals surface area contributed by atoms with Crippen LogP contribution in [-0.2, 0) is 0 Å². The zero-order valence-corrected chi connectivity index (χ0v) is 5.04. The molecule has 2 rings (SSSR count). The van der Waals surface area contributed by atoms with Crippen LogP contribution in [0.2, 0.25) is 0 Å². The second-order valence-corrected chi connectivity index (χ2v) is 2.20. The van der Waals surface area contributed by atoms with Crippen LogP contribution in [-0.4, -0.2) is 6.21 Å². The van der Waals surface area contributed by atoms with E-state index in [-0.39, 0.29) is 0 Å². The summed E-state index contributed by atoms with van der Waals surface area (Å²) >= 11 is 0. The van der Waals surface area contributed by atoms with E-state index >= 15 is 0 Å². The summed E-state index contributed by atoms with van der Waals surface area (Å²) in [5.74, 6) is 0. The Morgan fingerprint density at radius 1 is 1.44 bits per heavy atom. The lowest BCUT2D eigenvalue weighted by Gasteiger charge is -2.02. The smallest absolute Gasteiger partial charge is 0.0901 e. The van der Waals surface area contributed by atoms with Crippen LogP contribution < -0.4 is 5.43 Å². The van der Waals surface area contributed by atoms with Gasteiger partial charge in [0.1, 0.15) is 0 Å². The maximum absolute atomic E-state index is 3.92. The summed E-state index contributed by atoms with van der Waals surface area (Å²) < 4.78 is 0. The third-order valence-corrected chi connectivity index (χ3v) is 1.56. The minimum atomic E-state index is 1.06. The minimum absolute atomic E-state index is 1.06. The first kappa shape index (κ1) is 4.79. The summed E-state index contributed by atoms with van der Waals surface area (Å²) in [5, 5.41) is 3.80. The topological polar surface area (TPSA) is 26.5 Å². The molecule has 45 valence electrons. The second kappa shape index (κ2) is 1.72. The zero-order chi connectivity index (χ0) is 6.10. The average Bonchev–Trinajstić information content (AvgIpc) is 2.33. The van der Waals surface area contributed by atoms with Crippen molar-refractivity contribution >= 4 is 6.21 Å². The fraction of sp³-hybridized carbons (Fsp3) is 0.286. The lowest BCUT2D eigenvalue weighted by Crippen LogP contribution is -1.94. The van der Waals surface area contributed by atoms with E-state index in [1.165, 1.54) is 5.57 Å². The average molecular weight is 119 g/mol. The molecular formula is C7H7N2. The quantitative estimate of drug-likeness (QED) is 0.458. The first-order valence-electron chi connectivity index (χ1n) is 3.10. The Morgan fingerprint density at radius 2 is 2.44 bits per heavy atom. The normalized spacial score (nSPS) is 22.2. The van der Waals surface area contributed by atoms with Gasteiger partial charge in [-0.05, 0) is 18.9 Å². The Morgan fingerprint density at radius 3 is 3.33 bits per heavy atom. The molecule has 0 fully saturated rings. The van der Waals surface area contributed by atoms with E-state index in [0.717, 1.165) is 18.5 Å². The van der Waals surface area contributed by atoms with E-state index in [9.17, 15) is 0 Å². The van der Waals surface area contributed by atoms with Crippen LogP contribution in [0.25, 0.3) is 0 Å². The summed E-state index contributed by atoms with van der Waals surface area (Å²) in [6.07, 6.45) is 8.26. The summed E-state index contributed by atoms with van der Waals surface area (Å²) in [7, 11) is 0. The number of nitrogens with zero attached hydrogens (tertiary/aromatic N) is 2. The monoisotopic (exact) mass is 119 g/mol. The van der Waals surface area contributed by atoms with Gasteiger partial charge in [-0.2, -0.15) is 10.5 Å². The van der Waals surface area contributed by atoms with Gasteiger partial charge in [-0.3, -0.25) is 0 Å². The Labute approximate surface area is 54.0 Å². The molecule has 0 aromatic carbocycles. The highest BCUT2D eigenvalue weighted by molar-refractivity contribution is 5.82. The summed E-state index contributed by atoms with van der Waals surface area (Å²) in [5.41, 5.74) is 6.27. The van der Waals surface area contributed by atoms with Gasteiger partial charge in [-0.25, -0.2) is 0 Å². The lowest BCUT2D eigenvalue weighted by atomic mass is 10.0. The van der Waals surface area contributed by atoms with E-state index in [2.05, 4.69) is 16.6 Å². The van der Waals surface area contributed by atoms with Gasteiger partial charge >= 0.3 is 0 Å². The highest BCUT2D eigenvalue weighted by atomic mass is 15.3. The molecular weight excluding hydrogens is 112 g/mol. The molecule has 9 heavy (non-hydrogen) atoms. The van der Waals surface area contributed by atoms with Crippen molar-refractivity contribution in [2.75, 3.05) is 0 Å². The number of hydrogen-bond acceptors (Lipinski definition) is 1. The van der Waals surface area contributed by atoms with Gasteiger partial charge < -0.3 is 0 Å². The van der Waals surface area contributed by atoms with Crippen LogP contribution in [0, 0.1) is 0 Å². The van der Waals surface area contributed by atoms with Crippen molar-refractivity contribution in [3.8, 4) is 0 Å². The molecule has 0 unspecified atom stereocenters. The second-order valence-electron chi connectivity index (χ2n) is 2.20. The first-order chi connectivity index (χ1) is 4.47. The Hall–Kier alpha value is -1.05. The van der Waals surface area contributed by atoms with Gasteiger partial charge in [0.15, 0.2) is 0 Å². The van der Waals surface area contributed by atoms with Crippen LogP contribution in [0.5, 0.6) is 0 Å². The summed E-state index contributed by atoms with van der Waals surface area (Å²) in [6, 6.07) is 0. The predicted octanol–water partition coefficient (Wildman–Crippen LogP) is 1.19. The van der Waals surface area contributed by atoms with Crippen molar-refractivity contribution in [1.29, 1.82) is 0 Å². The largest absolute Gasteiger partial charge is 0.158 e. The lowest BCUT2D eigenvalue weighted by molar-refractivity contribution is 0.889. The Balaban J connectivity index is 2.35. The molecule has 2 aliphatic rings. The minimum Gasteiger partial charge on any atom is -0.158 e. The van der Waals surface area contributed by atoms with Crippen LogP contribution in [0.3, 0.4) is 0 Å². The highest BCUT2D eigenvalue weighted by Gasteiger charge is 2.10. The predicted molar refractivity (Wildman–Crippen MR) is 36.0 cm³/mol. The Bertz CT molecular complexity index is 211. The van der Waals surface area contributed by atoms with Gasteiger partial charge in [0.2, 0.25) is 0 Å². The third-order valence-electron chi connectivity index (χ3n) is 1.56. The molecule has 1 heterocycles. The van der Waals surface area contributed by atoms with Crippen molar-refractivity contribution in [3.63, 3.8) is 0 Å². The summed E-state index contributed by atoms with van der Waals surface area (Å²) in [6.45, 7) is 0. The molecule has 1 radical (unpaired) electrons. The van der Waals surface area contributed by atoms with Gasteiger partial charge in [-0.1, -0.05) is 6.08 Å². The van der Waals surface area contributed by atoms with Gasteiger partial charge in [0, 0.05) is 5.57 Å². The van der Waals surface area contributed by atoms with Gasteiger partial charge in [-0.15, -0.1) is 0 Å². The van der Waals surface area contributed by atoms with Crippen molar-refractivity contribution in [3.05, 3.63) is 23.4 Å². The Kier molecular flexibility index (Phi) is 0.918. The number of allylic oxidation sites excluding steroid dienone is 3. The van der Waals surface area contributed by atoms with Gasteiger partial charge in [0.05, 0.1) is 11.9 Å². The van der Waals surface area contributed by atoms with Crippen LogP contribution in [0.4, 0.5) is 0 Å². The fourth-order valence-corrected chi connectivity index (χ4v) is 1.06. The van der Waals surface area contributed by atoms with E-state index < -0.39 is 0 Å². The van der Waals surface area contributed by atoms with E-state index in [0.29, 0.717) is 0 Å². The molecule has 0 N–H and O–H groups in total. The van der Waals surface area contributed by atoms with Crippen LogP contribution >= 0.6 is 0 Å². The molecule has 0 atom stereocenters. The maximum atomic E-state index is 3.92. The van der Waals surface area contributed by atoms with E-state index in [4.69, 9.17) is 0 Å². The molecule has 0 aromatic rings. The van der Waals surface area contributed by atoms with Crippen LogP contribution in [0.1, 0.15) is 12.8 Å². The van der Waals surface area contributed by atoms with Crippen molar-refractivity contribution in [2.24, 2.45) is 5.10 Å². The highest BCUT2D eigenvalue weighted by Crippen LogP contribution is 2.18. The fourth-order valence-electron chi connectivity index (χ4n) is 1.06. The molecule has 2 heteroatoms. The molecule has 0 amide bonds. The first-order valence-corrected chi connectivity index (χ1v) is 3.10. The molecule has 2 nitrogen and oxygen atoms in total. The summed E-state index contributed by atoms with van der Waals surface area (Å²) in [4.78, 5) is 0. The molecule has 1 aliphatic heterocycles. The third kappa shape index (κ3) is 0.669. The number of hydrogen-bond donors (Lipinski definition) is 0. The molecule has 1 aliphatic carbocycles. The zero-order valence-electron chi connectivity index (χ0n) is 5.04. The molecule has 0 spiro atoms. The SMILES string of the molecule is C1=CC2=C(C=N[N]2)CC1. The standard InChI is InChI=1S/C7H7N2/c1-2-4-7-6(3-1)5-8-9-7/h2,4-5H,1,3H2. The van der Waals surface area contributed by atoms with Crippen LogP contribution in [0.15, 0.2) is 28.5 Å².